The molecular formula is C36H29ClN2O6S. The fraction of sp³-hybridized carbons (Fsp3) is 0.194. The number of ketones is 1. The van der Waals surface area contributed by atoms with E-state index in [1.165, 1.54) is 16.2 Å². The number of aliphatic hydroxyl groups excluding tert-OH is 1. The zero-order chi connectivity index (χ0) is 31.9. The first kappa shape index (κ1) is 29.8. The van der Waals surface area contributed by atoms with Crippen LogP contribution >= 0.6 is 22.9 Å². The molecule has 10 heteroatoms. The fourth-order valence-electron chi connectivity index (χ4n) is 5.88. The highest BCUT2D eigenvalue weighted by Gasteiger charge is 2.48. The van der Waals surface area contributed by atoms with Gasteiger partial charge < -0.3 is 19.3 Å². The maximum atomic E-state index is 13.8. The Labute approximate surface area is 274 Å². The number of halogens is 1. The van der Waals surface area contributed by atoms with Gasteiger partial charge >= 0.3 is 5.91 Å². The van der Waals surface area contributed by atoms with Crippen LogP contribution in [-0.4, -0.2) is 34.5 Å². The Morgan fingerprint density at radius 2 is 1.85 bits per heavy atom. The van der Waals surface area contributed by atoms with E-state index in [4.69, 9.17) is 30.8 Å². The van der Waals surface area contributed by atoms with Gasteiger partial charge in [-0.2, -0.15) is 0 Å². The maximum absolute atomic E-state index is 13.8. The van der Waals surface area contributed by atoms with Crippen LogP contribution in [0.3, 0.4) is 0 Å². The van der Waals surface area contributed by atoms with Crippen molar-refractivity contribution in [1.82, 2.24) is 4.98 Å². The van der Waals surface area contributed by atoms with Crippen molar-refractivity contribution >= 4 is 55.7 Å². The van der Waals surface area contributed by atoms with Crippen LogP contribution in [0.25, 0.3) is 16.0 Å². The third-order valence-corrected chi connectivity index (χ3v) is 9.23. The smallest absolute Gasteiger partial charge is 0.301 e. The predicted octanol–water partition coefficient (Wildman–Crippen LogP) is 7.88. The monoisotopic (exact) mass is 652 g/mol. The van der Waals surface area contributed by atoms with Crippen molar-refractivity contribution in [2.24, 2.45) is 0 Å². The standard InChI is InChI=1S/C36H29ClN2O6S/c1-3-43-29-17-22(9-14-28(29)44-19-21-7-5-4-6-8-21)32-31(33(40)23-10-13-27-24(16-23)15-20(2)45-27)34(41)35(42)39(32)36-38-26-12-11-25(37)18-30(26)46-36/h4-14,16-18,20,32,40H,3,15,19H2,1-2H3/b33-31+/t20-,32-/m1/s1. The minimum Gasteiger partial charge on any atom is -0.507 e. The molecule has 46 heavy (non-hydrogen) atoms. The summed E-state index contributed by atoms with van der Waals surface area (Å²) < 4.78 is 18.7. The molecule has 0 spiro atoms. The number of ether oxygens (including phenoxy) is 3. The number of hydrogen-bond acceptors (Lipinski definition) is 8. The van der Waals surface area contributed by atoms with Gasteiger partial charge in [0.25, 0.3) is 5.78 Å². The lowest BCUT2D eigenvalue weighted by molar-refractivity contribution is -0.132. The van der Waals surface area contributed by atoms with E-state index >= 15 is 0 Å². The highest BCUT2D eigenvalue weighted by Crippen LogP contribution is 2.46. The van der Waals surface area contributed by atoms with Crippen LogP contribution in [0.2, 0.25) is 5.02 Å². The Morgan fingerprint density at radius 3 is 2.65 bits per heavy atom. The number of amides is 1. The van der Waals surface area contributed by atoms with Gasteiger partial charge in [0.1, 0.15) is 24.2 Å². The summed E-state index contributed by atoms with van der Waals surface area (Å²) in [5, 5.41) is 12.6. The SMILES string of the molecule is CCOc1cc([C@@H]2/C(=C(\O)c3ccc4c(c3)C[C@@H](C)O4)C(=O)C(=O)N2c2nc3ccc(Cl)cc3s2)ccc1OCc1ccccc1. The van der Waals surface area contributed by atoms with Crippen molar-refractivity contribution in [1.29, 1.82) is 0 Å². The van der Waals surface area contributed by atoms with Crippen molar-refractivity contribution in [3.05, 3.63) is 118 Å². The highest BCUT2D eigenvalue weighted by molar-refractivity contribution is 7.22. The number of thiazole rings is 1. The minimum absolute atomic E-state index is 0.00475. The van der Waals surface area contributed by atoms with Gasteiger partial charge in [-0.05, 0) is 79.1 Å². The third-order valence-electron chi connectivity index (χ3n) is 7.98. The first-order valence-electron chi connectivity index (χ1n) is 14.9. The predicted molar refractivity (Wildman–Crippen MR) is 178 cm³/mol. The van der Waals surface area contributed by atoms with E-state index in [1.54, 1.807) is 48.5 Å². The summed E-state index contributed by atoms with van der Waals surface area (Å²) in [4.78, 5) is 33.7. The molecule has 2 atom stereocenters. The number of rotatable bonds is 8. The van der Waals surface area contributed by atoms with Crippen LogP contribution in [0.1, 0.15) is 42.1 Å². The third kappa shape index (κ3) is 5.46. The van der Waals surface area contributed by atoms with E-state index in [1.807, 2.05) is 50.2 Å². The van der Waals surface area contributed by atoms with Gasteiger partial charge in [0.05, 0.1) is 28.4 Å². The number of carbonyl (C=O) groups is 2. The first-order valence-corrected chi connectivity index (χ1v) is 16.1. The Morgan fingerprint density at radius 1 is 1.02 bits per heavy atom. The molecule has 1 aromatic heterocycles. The molecule has 1 N–H and O–H groups in total. The molecule has 232 valence electrons. The second kappa shape index (κ2) is 12.2. The molecule has 1 saturated heterocycles. The lowest BCUT2D eigenvalue weighted by atomic mass is 9.94. The normalized spacial score (nSPS) is 18.5. The van der Waals surface area contributed by atoms with Gasteiger partial charge in [-0.25, -0.2) is 4.98 Å². The Balaban J connectivity index is 1.36. The number of fused-ring (bicyclic) bond motifs is 2. The van der Waals surface area contributed by atoms with E-state index in [9.17, 15) is 14.7 Å². The first-order chi connectivity index (χ1) is 22.3. The van der Waals surface area contributed by atoms with Crippen molar-refractivity contribution in [3.63, 3.8) is 0 Å². The van der Waals surface area contributed by atoms with Crippen LogP contribution in [0, 0.1) is 0 Å². The minimum atomic E-state index is -0.998. The maximum Gasteiger partial charge on any atom is 0.301 e. The Kier molecular flexibility index (Phi) is 7.88. The van der Waals surface area contributed by atoms with E-state index < -0.39 is 17.7 Å². The molecule has 8 nitrogen and oxygen atoms in total. The summed E-state index contributed by atoms with van der Waals surface area (Å²) in [6.07, 6.45) is 0.676. The number of nitrogens with zero attached hydrogens (tertiary/aromatic N) is 2. The molecule has 4 aromatic carbocycles. The number of Topliss-reactive ketones (excluding diaryl/α,β-unsaturated/α-hetero) is 1. The van der Waals surface area contributed by atoms with Crippen LogP contribution in [-0.2, 0) is 22.6 Å². The summed E-state index contributed by atoms with van der Waals surface area (Å²) in [5.41, 5.74) is 3.47. The summed E-state index contributed by atoms with van der Waals surface area (Å²) in [6, 6.07) is 24.6. The fourth-order valence-corrected chi connectivity index (χ4v) is 7.15. The van der Waals surface area contributed by atoms with Crippen molar-refractivity contribution in [3.8, 4) is 17.2 Å². The molecule has 2 aliphatic rings. The summed E-state index contributed by atoms with van der Waals surface area (Å²) in [5.74, 6) is -0.194. The lowest BCUT2D eigenvalue weighted by Gasteiger charge is -2.24. The van der Waals surface area contributed by atoms with Crippen molar-refractivity contribution < 1.29 is 28.9 Å². The van der Waals surface area contributed by atoms with Crippen LogP contribution in [0.4, 0.5) is 5.13 Å². The number of hydrogen-bond donors (Lipinski definition) is 1. The molecule has 0 bridgehead atoms. The zero-order valence-corrected chi connectivity index (χ0v) is 26.6. The Bertz CT molecular complexity index is 2020. The quantitative estimate of drug-likeness (QED) is 0.103. The van der Waals surface area contributed by atoms with Crippen molar-refractivity contribution in [2.45, 2.75) is 39.0 Å². The highest BCUT2D eigenvalue weighted by atomic mass is 35.5. The van der Waals surface area contributed by atoms with Gasteiger partial charge in [-0.15, -0.1) is 0 Å². The van der Waals surface area contributed by atoms with Gasteiger partial charge in [0.2, 0.25) is 0 Å². The second-order valence-electron chi connectivity index (χ2n) is 11.1. The molecule has 1 fully saturated rings. The van der Waals surface area contributed by atoms with Gasteiger partial charge in [0.15, 0.2) is 16.6 Å². The topological polar surface area (TPSA) is 98.2 Å². The lowest BCUT2D eigenvalue weighted by Crippen LogP contribution is -2.29. The molecule has 0 aliphatic carbocycles. The van der Waals surface area contributed by atoms with Gasteiger partial charge in [0, 0.05) is 17.0 Å². The van der Waals surface area contributed by atoms with E-state index in [-0.39, 0.29) is 17.4 Å². The van der Waals surface area contributed by atoms with Crippen LogP contribution in [0.5, 0.6) is 17.2 Å². The average Bonchev–Trinajstić information content (AvgIpc) is 3.72. The van der Waals surface area contributed by atoms with Gasteiger partial charge in [-0.3, -0.25) is 14.5 Å². The molecule has 0 radical (unpaired) electrons. The molecule has 0 saturated carbocycles. The molecule has 3 heterocycles. The molecule has 0 unspecified atom stereocenters. The number of anilines is 1. The van der Waals surface area contributed by atoms with Crippen LogP contribution < -0.4 is 19.1 Å². The number of aromatic nitrogens is 1. The number of carbonyl (C=O) groups excluding carboxylic acids is 2. The number of aliphatic hydroxyl groups is 1. The van der Waals surface area contributed by atoms with E-state index in [2.05, 4.69) is 0 Å². The second-order valence-corrected chi connectivity index (χ2v) is 12.6. The zero-order valence-electron chi connectivity index (χ0n) is 25.0. The molecule has 2 aliphatic heterocycles. The van der Waals surface area contributed by atoms with E-state index in [0.29, 0.717) is 57.9 Å². The largest absolute Gasteiger partial charge is 0.507 e. The van der Waals surface area contributed by atoms with E-state index in [0.717, 1.165) is 21.6 Å². The summed E-state index contributed by atoms with van der Waals surface area (Å²) >= 11 is 7.48. The molecule has 7 rings (SSSR count). The molecule has 5 aromatic rings. The molecule has 1 amide bonds. The molecular weight excluding hydrogens is 624 g/mol. The van der Waals surface area contributed by atoms with Gasteiger partial charge in [-0.1, -0.05) is 59.3 Å². The van der Waals surface area contributed by atoms with Crippen LogP contribution in [0.15, 0.2) is 90.5 Å². The Hall–Kier alpha value is -4.86. The number of benzene rings is 4. The summed E-state index contributed by atoms with van der Waals surface area (Å²) in [6.45, 7) is 4.52. The van der Waals surface area contributed by atoms with Crippen molar-refractivity contribution in [2.75, 3.05) is 11.5 Å². The average molecular weight is 653 g/mol. The summed E-state index contributed by atoms with van der Waals surface area (Å²) in [7, 11) is 0.